The SMILES string of the molecule is COC(=O)[C@H](C)Sc1nnc(-c2ccco2)n1-c1ccc(F)cc1. The monoisotopic (exact) mass is 347 g/mol. The average molecular weight is 347 g/mol. The normalized spacial score (nSPS) is 12.1. The zero-order valence-corrected chi connectivity index (χ0v) is 13.8. The van der Waals surface area contributed by atoms with Gasteiger partial charge in [0, 0.05) is 0 Å². The standard InChI is InChI=1S/C16H14FN3O3S/c1-10(15(21)22-2)24-16-19-18-14(13-4-3-9-23-13)20(16)12-7-5-11(17)6-8-12/h3-10H,1-2H3/t10-/m0/s1. The molecule has 0 bridgehead atoms. The molecule has 0 aliphatic heterocycles. The smallest absolute Gasteiger partial charge is 0.318 e. The Morgan fingerprint density at radius 2 is 2.04 bits per heavy atom. The van der Waals surface area contributed by atoms with E-state index in [4.69, 9.17) is 9.15 Å². The average Bonchev–Trinajstić information content (AvgIpc) is 3.24. The molecule has 0 saturated heterocycles. The maximum Gasteiger partial charge on any atom is 0.318 e. The van der Waals surface area contributed by atoms with Gasteiger partial charge in [-0.2, -0.15) is 0 Å². The predicted molar refractivity (Wildman–Crippen MR) is 86.4 cm³/mol. The maximum atomic E-state index is 13.2. The molecule has 2 heterocycles. The highest BCUT2D eigenvalue weighted by Crippen LogP contribution is 2.30. The van der Waals surface area contributed by atoms with Gasteiger partial charge in [-0.3, -0.25) is 9.36 Å². The number of thioether (sulfide) groups is 1. The van der Waals surface area contributed by atoms with Crippen LogP contribution in [0.4, 0.5) is 4.39 Å². The molecule has 3 aromatic rings. The Labute approximate surface area is 141 Å². The number of carbonyl (C=O) groups excluding carboxylic acids is 1. The Balaban J connectivity index is 2.06. The highest BCUT2D eigenvalue weighted by molar-refractivity contribution is 8.00. The van der Waals surface area contributed by atoms with Crippen LogP contribution >= 0.6 is 11.8 Å². The fourth-order valence-corrected chi connectivity index (χ4v) is 3.00. The van der Waals surface area contributed by atoms with Crippen LogP contribution in [-0.4, -0.2) is 33.1 Å². The topological polar surface area (TPSA) is 70.2 Å². The molecule has 124 valence electrons. The van der Waals surface area contributed by atoms with Gasteiger partial charge in [0.05, 0.1) is 19.1 Å². The summed E-state index contributed by atoms with van der Waals surface area (Å²) in [6.45, 7) is 1.72. The van der Waals surface area contributed by atoms with Crippen molar-refractivity contribution in [2.75, 3.05) is 7.11 Å². The third-order valence-corrected chi connectivity index (χ3v) is 4.30. The van der Waals surface area contributed by atoms with Crippen LogP contribution in [0.2, 0.25) is 0 Å². The van der Waals surface area contributed by atoms with Crippen LogP contribution in [0.3, 0.4) is 0 Å². The second-order valence-electron chi connectivity index (χ2n) is 4.88. The number of rotatable bonds is 5. The minimum absolute atomic E-state index is 0.344. The Morgan fingerprint density at radius 1 is 1.29 bits per heavy atom. The van der Waals surface area contributed by atoms with Gasteiger partial charge in [0.25, 0.3) is 0 Å². The first-order chi connectivity index (χ1) is 11.6. The minimum atomic E-state index is -0.470. The largest absolute Gasteiger partial charge is 0.468 e. The number of hydrogen-bond donors (Lipinski definition) is 0. The molecule has 1 atom stereocenters. The summed E-state index contributed by atoms with van der Waals surface area (Å²) >= 11 is 1.20. The molecule has 3 rings (SSSR count). The van der Waals surface area contributed by atoms with Crippen LogP contribution in [-0.2, 0) is 9.53 Å². The molecule has 0 N–H and O–H groups in total. The van der Waals surface area contributed by atoms with E-state index in [0.717, 1.165) is 0 Å². The van der Waals surface area contributed by atoms with Crippen molar-refractivity contribution in [3.8, 4) is 17.3 Å². The lowest BCUT2D eigenvalue weighted by Crippen LogP contribution is -2.15. The van der Waals surface area contributed by atoms with Gasteiger partial charge in [-0.25, -0.2) is 4.39 Å². The first-order valence-electron chi connectivity index (χ1n) is 7.10. The molecular formula is C16H14FN3O3S. The lowest BCUT2D eigenvalue weighted by Gasteiger charge is -2.11. The quantitative estimate of drug-likeness (QED) is 0.521. The van der Waals surface area contributed by atoms with Crippen molar-refractivity contribution in [2.24, 2.45) is 0 Å². The summed E-state index contributed by atoms with van der Waals surface area (Å²) in [4.78, 5) is 11.7. The van der Waals surface area contributed by atoms with Crippen molar-refractivity contribution in [3.63, 3.8) is 0 Å². The molecule has 0 unspecified atom stereocenters. The van der Waals surface area contributed by atoms with Gasteiger partial charge < -0.3 is 9.15 Å². The number of nitrogens with zero attached hydrogens (tertiary/aromatic N) is 3. The number of hydrogen-bond acceptors (Lipinski definition) is 6. The summed E-state index contributed by atoms with van der Waals surface area (Å²) in [5.74, 6) is 0.271. The second kappa shape index (κ2) is 6.88. The van der Waals surface area contributed by atoms with E-state index in [2.05, 4.69) is 10.2 Å². The van der Waals surface area contributed by atoms with E-state index in [9.17, 15) is 9.18 Å². The zero-order chi connectivity index (χ0) is 17.1. The van der Waals surface area contributed by atoms with Crippen molar-refractivity contribution in [1.82, 2.24) is 14.8 Å². The van der Waals surface area contributed by atoms with Crippen LogP contribution < -0.4 is 0 Å². The van der Waals surface area contributed by atoms with Crippen molar-refractivity contribution >= 4 is 17.7 Å². The molecule has 0 spiro atoms. The van der Waals surface area contributed by atoms with Crippen molar-refractivity contribution in [1.29, 1.82) is 0 Å². The van der Waals surface area contributed by atoms with Gasteiger partial charge in [-0.05, 0) is 43.3 Å². The number of carbonyl (C=O) groups is 1. The first-order valence-corrected chi connectivity index (χ1v) is 7.98. The van der Waals surface area contributed by atoms with Gasteiger partial charge >= 0.3 is 5.97 Å². The number of esters is 1. The first kappa shape index (κ1) is 16.3. The summed E-state index contributed by atoms with van der Waals surface area (Å²) in [6, 6.07) is 9.40. The molecule has 24 heavy (non-hydrogen) atoms. The van der Waals surface area contributed by atoms with Crippen LogP contribution in [0.25, 0.3) is 17.3 Å². The van der Waals surface area contributed by atoms with Crippen LogP contribution in [0, 0.1) is 5.82 Å². The predicted octanol–water partition coefficient (Wildman–Crippen LogP) is 3.32. The second-order valence-corrected chi connectivity index (χ2v) is 6.19. The van der Waals surface area contributed by atoms with Crippen LogP contribution in [0.5, 0.6) is 0 Å². The van der Waals surface area contributed by atoms with E-state index in [-0.39, 0.29) is 11.8 Å². The van der Waals surface area contributed by atoms with E-state index in [1.165, 1.54) is 37.3 Å². The fraction of sp³-hybridized carbons (Fsp3) is 0.188. The van der Waals surface area contributed by atoms with Crippen LogP contribution in [0.15, 0.2) is 52.2 Å². The summed E-state index contributed by atoms with van der Waals surface area (Å²) in [5.41, 5.74) is 0.660. The van der Waals surface area contributed by atoms with Gasteiger partial charge in [0.1, 0.15) is 11.1 Å². The molecule has 0 aliphatic rings. The molecule has 0 amide bonds. The molecule has 2 aromatic heterocycles. The van der Waals surface area contributed by atoms with Gasteiger partial charge in [0.15, 0.2) is 10.9 Å². The number of aromatic nitrogens is 3. The van der Waals surface area contributed by atoms with Gasteiger partial charge in [0.2, 0.25) is 5.82 Å². The molecule has 0 saturated carbocycles. The van der Waals surface area contributed by atoms with E-state index in [1.807, 2.05) is 0 Å². The maximum absolute atomic E-state index is 13.2. The Morgan fingerprint density at radius 3 is 2.67 bits per heavy atom. The summed E-state index contributed by atoms with van der Waals surface area (Å²) in [5, 5.41) is 8.30. The van der Waals surface area contributed by atoms with Crippen molar-refractivity contribution < 1.29 is 18.3 Å². The number of methoxy groups -OCH3 is 1. The van der Waals surface area contributed by atoms with Gasteiger partial charge in [-0.1, -0.05) is 11.8 Å². The number of halogens is 1. The summed E-state index contributed by atoms with van der Waals surface area (Å²) in [6.07, 6.45) is 1.53. The highest BCUT2D eigenvalue weighted by atomic mass is 32.2. The molecule has 0 radical (unpaired) electrons. The van der Waals surface area contributed by atoms with E-state index >= 15 is 0 Å². The Kier molecular flexibility index (Phi) is 4.66. The number of furan rings is 1. The third-order valence-electron chi connectivity index (χ3n) is 3.28. The number of benzene rings is 1. The fourth-order valence-electron chi connectivity index (χ4n) is 2.11. The van der Waals surface area contributed by atoms with Crippen LogP contribution in [0.1, 0.15) is 6.92 Å². The van der Waals surface area contributed by atoms with E-state index in [0.29, 0.717) is 22.4 Å². The van der Waals surface area contributed by atoms with Gasteiger partial charge in [-0.15, -0.1) is 10.2 Å². The lowest BCUT2D eigenvalue weighted by molar-refractivity contribution is -0.139. The summed E-state index contributed by atoms with van der Waals surface area (Å²) < 4.78 is 25.1. The highest BCUT2D eigenvalue weighted by Gasteiger charge is 2.23. The lowest BCUT2D eigenvalue weighted by atomic mass is 10.3. The molecule has 1 aromatic carbocycles. The van der Waals surface area contributed by atoms with E-state index in [1.54, 1.807) is 35.8 Å². The molecule has 6 nitrogen and oxygen atoms in total. The molecular weight excluding hydrogens is 333 g/mol. The zero-order valence-electron chi connectivity index (χ0n) is 13.0. The molecule has 0 fully saturated rings. The van der Waals surface area contributed by atoms with Crippen molar-refractivity contribution in [2.45, 2.75) is 17.3 Å². The summed E-state index contributed by atoms with van der Waals surface area (Å²) in [7, 11) is 1.33. The minimum Gasteiger partial charge on any atom is -0.468 e. The number of ether oxygens (including phenoxy) is 1. The van der Waals surface area contributed by atoms with E-state index < -0.39 is 5.25 Å². The Bertz CT molecular complexity index is 831. The third kappa shape index (κ3) is 3.18. The Hall–Kier alpha value is -2.61. The van der Waals surface area contributed by atoms with Crippen molar-refractivity contribution in [3.05, 3.63) is 48.5 Å². The molecule has 0 aliphatic carbocycles. The molecule has 8 heteroatoms.